The zero-order chi connectivity index (χ0) is 14.4. The summed E-state index contributed by atoms with van der Waals surface area (Å²) in [5.41, 5.74) is 1.40. The molecule has 0 amide bonds. The van der Waals surface area contributed by atoms with Gasteiger partial charge in [0, 0.05) is 33.3 Å². The van der Waals surface area contributed by atoms with E-state index in [1.165, 1.54) is 0 Å². The second kappa shape index (κ2) is 7.23. The minimum Gasteiger partial charge on any atom is -0.408 e. The zero-order valence-electron chi connectivity index (χ0n) is 11.6. The highest BCUT2D eigenvalue weighted by molar-refractivity contribution is 5.72. The molecule has 0 saturated heterocycles. The van der Waals surface area contributed by atoms with Crippen LogP contribution < -0.4 is 5.76 Å². The van der Waals surface area contributed by atoms with E-state index in [9.17, 15) is 4.79 Å². The van der Waals surface area contributed by atoms with E-state index in [0.717, 1.165) is 12.1 Å². The first-order valence-electron chi connectivity index (χ1n) is 6.66. The largest absolute Gasteiger partial charge is 0.419 e. The number of oxazole rings is 1. The smallest absolute Gasteiger partial charge is 0.408 e. The molecular formula is C14H20N2O4. The summed E-state index contributed by atoms with van der Waals surface area (Å²) < 4.78 is 11.8. The van der Waals surface area contributed by atoms with Gasteiger partial charge in [0.25, 0.3) is 0 Å². The first-order chi connectivity index (χ1) is 9.76. The van der Waals surface area contributed by atoms with Gasteiger partial charge in [0.05, 0.1) is 18.7 Å². The third-order valence-electron chi connectivity index (χ3n) is 3.24. The molecule has 0 unspecified atom stereocenters. The van der Waals surface area contributed by atoms with Gasteiger partial charge in [-0.2, -0.15) is 0 Å². The van der Waals surface area contributed by atoms with Gasteiger partial charge < -0.3 is 14.3 Å². The maximum absolute atomic E-state index is 11.8. The first kappa shape index (κ1) is 14.8. The number of methoxy groups -OCH3 is 1. The number of aliphatic hydroxyl groups is 1. The van der Waals surface area contributed by atoms with E-state index in [1.54, 1.807) is 17.7 Å². The third-order valence-corrected chi connectivity index (χ3v) is 3.24. The Hall–Kier alpha value is -1.63. The molecule has 0 bridgehead atoms. The van der Waals surface area contributed by atoms with Crippen molar-refractivity contribution in [3.05, 3.63) is 34.8 Å². The number of rotatable bonds is 8. The summed E-state index contributed by atoms with van der Waals surface area (Å²) in [6.45, 7) is 3.16. The molecule has 0 atom stereocenters. The molecule has 0 aliphatic heterocycles. The summed E-state index contributed by atoms with van der Waals surface area (Å²) in [4.78, 5) is 13.9. The van der Waals surface area contributed by atoms with Crippen molar-refractivity contribution in [1.82, 2.24) is 9.47 Å². The number of hydrogen-bond acceptors (Lipinski definition) is 5. The van der Waals surface area contributed by atoms with Crippen LogP contribution in [0, 0.1) is 0 Å². The molecule has 0 aliphatic rings. The predicted octanol–water partition coefficient (Wildman–Crippen LogP) is 0.535. The van der Waals surface area contributed by atoms with E-state index < -0.39 is 0 Å². The van der Waals surface area contributed by atoms with Crippen molar-refractivity contribution in [2.45, 2.75) is 6.54 Å². The molecule has 20 heavy (non-hydrogen) atoms. The van der Waals surface area contributed by atoms with Gasteiger partial charge in [-0.3, -0.25) is 9.47 Å². The molecule has 0 fully saturated rings. The molecule has 6 nitrogen and oxygen atoms in total. The number of nitrogens with zero attached hydrogens (tertiary/aromatic N) is 2. The lowest BCUT2D eigenvalue weighted by Gasteiger charge is -2.20. The first-order valence-corrected chi connectivity index (χ1v) is 6.66. The average molecular weight is 280 g/mol. The highest BCUT2D eigenvalue weighted by Gasteiger charge is 2.10. The van der Waals surface area contributed by atoms with Gasteiger partial charge in [-0.05, 0) is 12.1 Å². The Morgan fingerprint density at radius 1 is 1.30 bits per heavy atom. The fraction of sp³-hybridized carbons (Fsp3) is 0.500. The van der Waals surface area contributed by atoms with Crippen LogP contribution in [0.1, 0.15) is 0 Å². The van der Waals surface area contributed by atoms with Gasteiger partial charge in [-0.25, -0.2) is 4.79 Å². The lowest BCUT2D eigenvalue weighted by Crippen LogP contribution is -2.34. The predicted molar refractivity (Wildman–Crippen MR) is 75.9 cm³/mol. The van der Waals surface area contributed by atoms with Crippen LogP contribution >= 0.6 is 0 Å². The summed E-state index contributed by atoms with van der Waals surface area (Å²) in [5.74, 6) is -0.345. The Kier molecular flexibility index (Phi) is 5.34. The van der Waals surface area contributed by atoms with Crippen LogP contribution in [0.4, 0.5) is 0 Å². The molecule has 6 heteroatoms. The van der Waals surface area contributed by atoms with Crippen LogP contribution in [0.5, 0.6) is 0 Å². The third kappa shape index (κ3) is 3.47. The fourth-order valence-electron chi connectivity index (χ4n) is 2.16. The molecule has 1 aromatic carbocycles. The number of para-hydroxylation sites is 2. The summed E-state index contributed by atoms with van der Waals surface area (Å²) in [5, 5.41) is 9.05. The van der Waals surface area contributed by atoms with Crippen LogP contribution in [0.2, 0.25) is 0 Å². The Balaban J connectivity index is 2.07. The molecule has 0 spiro atoms. The quantitative estimate of drug-likeness (QED) is 0.764. The monoisotopic (exact) mass is 280 g/mol. The standard InChI is InChI=1S/C14H20N2O4/c1-19-11-9-15(8-10-17)6-7-16-12-4-2-3-5-13(12)20-14(16)18/h2-5,17H,6-11H2,1H3. The number of hydrogen-bond donors (Lipinski definition) is 1. The van der Waals surface area contributed by atoms with Gasteiger partial charge in [0.1, 0.15) is 0 Å². The van der Waals surface area contributed by atoms with E-state index in [1.807, 2.05) is 18.2 Å². The molecule has 2 aromatic rings. The molecule has 110 valence electrons. The Labute approximate surface area is 117 Å². The van der Waals surface area contributed by atoms with Crippen LogP contribution in [-0.2, 0) is 11.3 Å². The zero-order valence-corrected chi connectivity index (χ0v) is 11.6. The van der Waals surface area contributed by atoms with Crippen molar-refractivity contribution in [2.75, 3.05) is 40.0 Å². The molecule has 1 heterocycles. The number of aliphatic hydroxyl groups excluding tert-OH is 1. The van der Waals surface area contributed by atoms with Crippen molar-refractivity contribution in [3.63, 3.8) is 0 Å². The number of benzene rings is 1. The lowest BCUT2D eigenvalue weighted by molar-refractivity contribution is 0.128. The molecule has 0 aliphatic carbocycles. The SMILES string of the molecule is COCCN(CCO)CCn1c(=O)oc2ccccc21. The molecule has 2 rings (SSSR count). The molecule has 0 saturated carbocycles. The van der Waals surface area contributed by atoms with E-state index in [0.29, 0.717) is 31.8 Å². The van der Waals surface area contributed by atoms with Crippen molar-refractivity contribution >= 4 is 11.1 Å². The minimum absolute atomic E-state index is 0.0880. The second-order valence-corrected chi connectivity index (χ2v) is 4.55. The summed E-state index contributed by atoms with van der Waals surface area (Å²) in [7, 11) is 1.64. The number of ether oxygens (including phenoxy) is 1. The molecular weight excluding hydrogens is 260 g/mol. The normalized spacial score (nSPS) is 11.6. The highest BCUT2D eigenvalue weighted by atomic mass is 16.5. The average Bonchev–Trinajstić information content (AvgIpc) is 2.77. The maximum atomic E-state index is 11.8. The van der Waals surface area contributed by atoms with Gasteiger partial charge in [-0.1, -0.05) is 12.1 Å². The van der Waals surface area contributed by atoms with E-state index in [-0.39, 0.29) is 12.4 Å². The van der Waals surface area contributed by atoms with Crippen molar-refractivity contribution in [2.24, 2.45) is 0 Å². The Bertz CT molecular complexity index is 590. The summed E-state index contributed by atoms with van der Waals surface area (Å²) in [6, 6.07) is 7.37. The van der Waals surface area contributed by atoms with Crippen molar-refractivity contribution in [3.8, 4) is 0 Å². The number of aromatic nitrogens is 1. The molecule has 1 aromatic heterocycles. The molecule has 0 radical (unpaired) electrons. The lowest BCUT2D eigenvalue weighted by atomic mass is 10.3. The van der Waals surface area contributed by atoms with Gasteiger partial charge in [0.2, 0.25) is 0 Å². The Morgan fingerprint density at radius 3 is 2.85 bits per heavy atom. The van der Waals surface area contributed by atoms with Crippen molar-refractivity contribution in [1.29, 1.82) is 0 Å². The topological polar surface area (TPSA) is 67.8 Å². The maximum Gasteiger partial charge on any atom is 0.419 e. The fourth-order valence-corrected chi connectivity index (χ4v) is 2.16. The summed E-state index contributed by atoms with van der Waals surface area (Å²) >= 11 is 0. The molecule has 1 N–H and O–H groups in total. The second-order valence-electron chi connectivity index (χ2n) is 4.55. The van der Waals surface area contributed by atoms with E-state index >= 15 is 0 Å². The van der Waals surface area contributed by atoms with Gasteiger partial charge in [0.15, 0.2) is 5.58 Å². The van der Waals surface area contributed by atoms with Crippen molar-refractivity contribution < 1.29 is 14.3 Å². The van der Waals surface area contributed by atoms with Crippen LogP contribution in [0.3, 0.4) is 0 Å². The number of fused-ring (bicyclic) bond motifs is 1. The van der Waals surface area contributed by atoms with E-state index in [4.69, 9.17) is 14.3 Å². The summed E-state index contributed by atoms with van der Waals surface area (Å²) in [6.07, 6.45) is 0. The van der Waals surface area contributed by atoms with Crippen LogP contribution in [-0.4, -0.2) is 54.5 Å². The minimum atomic E-state index is -0.345. The van der Waals surface area contributed by atoms with Crippen LogP contribution in [0.25, 0.3) is 11.1 Å². The van der Waals surface area contributed by atoms with Gasteiger partial charge >= 0.3 is 5.76 Å². The highest BCUT2D eigenvalue weighted by Crippen LogP contribution is 2.11. The van der Waals surface area contributed by atoms with E-state index in [2.05, 4.69) is 4.90 Å². The Morgan fingerprint density at radius 2 is 2.10 bits per heavy atom. The van der Waals surface area contributed by atoms with Crippen LogP contribution in [0.15, 0.2) is 33.5 Å². The van der Waals surface area contributed by atoms with Gasteiger partial charge in [-0.15, -0.1) is 0 Å².